The second-order valence-corrected chi connectivity index (χ2v) is 7.45. The summed E-state index contributed by atoms with van der Waals surface area (Å²) in [5, 5.41) is 4.82. The van der Waals surface area contributed by atoms with Crippen molar-refractivity contribution in [2.45, 2.75) is 18.9 Å². The molecular formula is C20H22N2O5S. The quantitative estimate of drug-likeness (QED) is 0.748. The lowest BCUT2D eigenvalue weighted by Gasteiger charge is -2.23. The molecule has 0 aliphatic carbocycles. The second kappa shape index (κ2) is 8.99. The van der Waals surface area contributed by atoms with Gasteiger partial charge < -0.3 is 14.8 Å². The van der Waals surface area contributed by atoms with Gasteiger partial charge in [0.05, 0.1) is 31.9 Å². The molecule has 2 heterocycles. The molecule has 0 bridgehead atoms. The molecule has 7 nitrogen and oxygen atoms in total. The highest BCUT2D eigenvalue weighted by Crippen LogP contribution is 2.34. The maximum Gasteiger partial charge on any atom is 0.337 e. The summed E-state index contributed by atoms with van der Waals surface area (Å²) in [6, 6.07) is 8.70. The van der Waals surface area contributed by atoms with Crippen molar-refractivity contribution in [3.63, 3.8) is 0 Å². The Balaban J connectivity index is 1.74. The van der Waals surface area contributed by atoms with Gasteiger partial charge in [0.2, 0.25) is 5.91 Å². The lowest BCUT2D eigenvalue weighted by molar-refractivity contribution is -0.117. The van der Waals surface area contributed by atoms with E-state index in [1.165, 1.54) is 37.3 Å². The summed E-state index contributed by atoms with van der Waals surface area (Å²) in [5.74, 6) is -1.40. The van der Waals surface area contributed by atoms with Gasteiger partial charge in [-0.2, -0.15) is 0 Å². The summed E-state index contributed by atoms with van der Waals surface area (Å²) < 4.78 is 9.43. The number of carbonyl (C=O) groups excluding carboxylic acids is 3. The molecule has 3 rings (SSSR count). The summed E-state index contributed by atoms with van der Waals surface area (Å²) in [5.41, 5.74) is 0.678. The molecule has 28 heavy (non-hydrogen) atoms. The van der Waals surface area contributed by atoms with Gasteiger partial charge >= 0.3 is 11.9 Å². The predicted octanol–water partition coefficient (Wildman–Crippen LogP) is 3.10. The molecule has 0 unspecified atom stereocenters. The van der Waals surface area contributed by atoms with Crippen molar-refractivity contribution in [2.75, 3.05) is 32.6 Å². The minimum atomic E-state index is -0.599. The van der Waals surface area contributed by atoms with Crippen molar-refractivity contribution < 1.29 is 23.9 Å². The highest BCUT2D eigenvalue weighted by molar-refractivity contribution is 7.10. The third-order valence-corrected chi connectivity index (χ3v) is 5.61. The number of amides is 1. The van der Waals surface area contributed by atoms with Crippen LogP contribution in [0, 0.1) is 0 Å². The normalized spacial score (nSPS) is 16.6. The van der Waals surface area contributed by atoms with Crippen LogP contribution in [-0.2, 0) is 14.3 Å². The molecule has 148 valence electrons. The number of rotatable bonds is 6. The fraction of sp³-hybridized carbons (Fsp3) is 0.350. The standard InChI is InChI=1S/C20H22N2O5S/c1-26-19(24)13-9-14(20(25)27-2)11-15(10-13)21-18(23)12-22-7-3-5-16(22)17-6-4-8-28-17/h4,6,8-11,16H,3,5,7,12H2,1-2H3,(H,21,23)/t16-/m1/s1. The molecule has 0 saturated carbocycles. The van der Waals surface area contributed by atoms with Crippen LogP contribution in [0.3, 0.4) is 0 Å². The van der Waals surface area contributed by atoms with E-state index in [4.69, 9.17) is 9.47 Å². The molecule has 1 amide bonds. The predicted molar refractivity (Wildman–Crippen MR) is 106 cm³/mol. The average molecular weight is 402 g/mol. The van der Waals surface area contributed by atoms with E-state index < -0.39 is 11.9 Å². The molecule has 1 aliphatic heterocycles. The zero-order valence-corrected chi connectivity index (χ0v) is 16.6. The number of thiophene rings is 1. The molecule has 1 N–H and O–H groups in total. The first-order valence-electron chi connectivity index (χ1n) is 8.91. The maximum absolute atomic E-state index is 12.6. The Bertz CT molecular complexity index is 831. The smallest absolute Gasteiger partial charge is 0.337 e. The number of hydrogen-bond acceptors (Lipinski definition) is 7. The molecule has 0 radical (unpaired) electrons. The molecule has 1 aliphatic rings. The Morgan fingerprint density at radius 3 is 2.39 bits per heavy atom. The average Bonchev–Trinajstić information content (AvgIpc) is 3.37. The largest absolute Gasteiger partial charge is 0.465 e. The summed E-state index contributed by atoms with van der Waals surface area (Å²) in [7, 11) is 2.51. The van der Waals surface area contributed by atoms with Crippen LogP contribution in [0.25, 0.3) is 0 Å². The van der Waals surface area contributed by atoms with Crippen LogP contribution >= 0.6 is 11.3 Å². The van der Waals surface area contributed by atoms with Crippen LogP contribution in [0.2, 0.25) is 0 Å². The fourth-order valence-electron chi connectivity index (χ4n) is 3.37. The number of esters is 2. The van der Waals surface area contributed by atoms with E-state index in [2.05, 4.69) is 16.3 Å². The van der Waals surface area contributed by atoms with Gasteiger partial charge in [-0.1, -0.05) is 6.07 Å². The molecule has 8 heteroatoms. The van der Waals surface area contributed by atoms with Crippen LogP contribution < -0.4 is 5.32 Å². The molecular weight excluding hydrogens is 380 g/mol. The van der Waals surface area contributed by atoms with Crippen LogP contribution in [0.15, 0.2) is 35.7 Å². The number of nitrogens with zero attached hydrogens (tertiary/aromatic N) is 1. The van der Waals surface area contributed by atoms with Crippen molar-refractivity contribution >= 4 is 34.9 Å². The molecule has 2 aromatic rings. The Morgan fingerprint density at radius 2 is 1.82 bits per heavy atom. The summed E-state index contributed by atoms with van der Waals surface area (Å²) in [4.78, 5) is 39.8. The Hall–Kier alpha value is -2.71. The number of nitrogens with one attached hydrogen (secondary N) is 1. The minimum Gasteiger partial charge on any atom is -0.465 e. The summed E-state index contributed by atoms with van der Waals surface area (Å²) >= 11 is 1.69. The minimum absolute atomic E-state index is 0.165. The van der Waals surface area contributed by atoms with Crippen molar-refractivity contribution in [2.24, 2.45) is 0 Å². The van der Waals surface area contributed by atoms with Gasteiger partial charge in [0.15, 0.2) is 0 Å². The number of carbonyl (C=O) groups is 3. The Labute approximate surface area is 167 Å². The van der Waals surface area contributed by atoms with Crippen LogP contribution in [0.4, 0.5) is 5.69 Å². The fourth-order valence-corrected chi connectivity index (χ4v) is 4.27. The Morgan fingerprint density at radius 1 is 1.14 bits per heavy atom. The van der Waals surface area contributed by atoms with E-state index in [0.717, 1.165) is 19.4 Å². The van der Waals surface area contributed by atoms with E-state index >= 15 is 0 Å². The molecule has 1 aromatic heterocycles. The highest BCUT2D eigenvalue weighted by Gasteiger charge is 2.28. The third kappa shape index (κ3) is 4.58. The van der Waals surface area contributed by atoms with Crippen molar-refractivity contribution in [3.05, 3.63) is 51.7 Å². The SMILES string of the molecule is COC(=O)c1cc(NC(=O)CN2CCC[C@@H]2c2cccs2)cc(C(=O)OC)c1. The van der Waals surface area contributed by atoms with E-state index in [-0.39, 0.29) is 29.6 Å². The summed E-state index contributed by atoms with van der Waals surface area (Å²) in [6.45, 7) is 1.09. The van der Waals surface area contributed by atoms with Gasteiger partial charge in [-0.25, -0.2) is 9.59 Å². The van der Waals surface area contributed by atoms with Gasteiger partial charge in [0.1, 0.15) is 0 Å². The monoisotopic (exact) mass is 402 g/mol. The number of methoxy groups -OCH3 is 2. The van der Waals surface area contributed by atoms with E-state index in [0.29, 0.717) is 5.69 Å². The first-order valence-corrected chi connectivity index (χ1v) is 9.79. The van der Waals surface area contributed by atoms with Crippen LogP contribution in [0.1, 0.15) is 44.5 Å². The van der Waals surface area contributed by atoms with Crippen molar-refractivity contribution in [1.82, 2.24) is 4.90 Å². The zero-order valence-electron chi connectivity index (χ0n) is 15.8. The van der Waals surface area contributed by atoms with Gasteiger partial charge in [-0.3, -0.25) is 9.69 Å². The van der Waals surface area contributed by atoms with E-state index in [1.807, 2.05) is 11.4 Å². The van der Waals surface area contributed by atoms with E-state index in [9.17, 15) is 14.4 Å². The molecule has 1 atom stereocenters. The van der Waals surface area contributed by atoms with Crippen LogP contribution in [0.5, 0.6) is 0 Å². The number of benzene rings is 1. The summed E-state index contributed by atoms with van der Waals surface area (Å²) in [6.07, 6.45) is 2.07. The lowest BCUT2D eigenvalue weighted by atomic mass is 10.1. The van der Waals surface area contributed by atoms with E-state index in [1.54, 1.807) is 11.3 Å². The maximum atomic E-state index is 12.6. The molecule has 0 spiro atoms. The lowest BCUT2D eigenvalue weighted by Crippen LogP contribution is -2.32. The third-order valence-electron chi connectivity index (χ3n) is 4.64. The van der Waals surface area contributed by atoms with Gasteiger partial charge in [-0.15, -0.1) is 11.3 Å². The Kier molecular flexibility index (Phi) is 6.43. The van der Waals surface area contributed by atoms with Crippen molar-refractivity contribution in [3.8, 4) is 0 Å². The number of ether oxygens (including phenoxy) is 2. The van der Waals surface area contributed by atoms with Gasteiger partial charge in [0, 0.05) is 16.6 Å². The van der Waals surface area contributed by atoms with Crippen molar-refractivity contribution in [1.29, 1.82) is 0 Å². The highest BCUT2D eigenvalue weighted by atomic mass is 32.1. The molecule has 1 saturated heterocycles. The van der Waals surface area contributed by atoms with Gasteiger partial charge in [-0.05, 0) is 49.0 Å². The molecule has 1 aromatic carbocycles. The van der Waals surface area contributed by atoms with Gasteiger partial charge in [0.25, 0.3) is 0 Å². The number of hydrogen-bond donors (Lipinski definition) is 1. The number of anilines is 1. The first kappa shape index (κ1) is 20.0. The number of likely N-dealkylation sites (tertiary alicyclic amines) is 1. The molecule has 1 fully saturated rings. The first-order chi connectivity index (χ1) is 13.5. The van der Waals surface area contributed by atoms with Crippen LogP contribution in [-0.4, -0.2) is 50.1 Å². The second-order valence-electron chi connectivity index (χ2n) is 6.47. The topological polar surface area (TPSA) is 84.9 Å². The zero-order chi connectivity index (χ0) is 20.1.